The predicted octanol–water partition coefficient (Wildman–Crippen LogP) is 0.445. The number of pyridine rings is 1. The molecule has 8 nitrogen and oxygen atoms in total. The number of sulfonamides is 1. The van der Waals surface area contributed by atoms with Crippen molar-refractivity contribution in [1.29, 1.82) is 0 Å². The predicted molar refractivity (Wildman–Crippen MR) is 90.8 cm³/mol. The number of amides is 1. The summed E-state index contributed by atoms with van der Waals surface area (Å²) in [6.07, 6.45) is 1.60. The van der Waals surface area contributed by atoms with Gasteiger partial charge in [-0.15, -0.1) is 0 Å². The monoisotopic (exact) mass is 360 g/mol. The van der Waals surface area contributed by atoms with Gasteiger partial charge in [0.2, 0.25) is 11.8 Å². The van der Waals surface area contributed by atoms with Crippen LogP contribution in [0.5, 0.6) is 5.88 Å². The minimum absolute atomic E-state index is 0.161. The molecule has 2 aromatic rings. The highest BCUT2D eigenvalue weighted by atomic mass is 32.2. The van der Waals surface area contributed by atoms with Crippen LogP contribution in [-0.4, -0.2) is 38.8 Å². The van der Waals surface area contributed by atoms with Gasteiger partial charge in [-0.25, -0.2) is 13.4 Å². The topological polar surface area (TPSA) is 110 Å². The number of nitrogens with zero attached hydrogens (tertiary/aromatic N) is 2. The van der Waals surface area contributed by atoms with E-state index in [4.69, 9.17) is 4.74 Å². The number of hydrogen-bond donors (Lipinski definition) is 2. The molecule has 0 saturated carbocycles. The Balaban J connectivity index is 1.66. The summed E-state index contributed by atoms with van der Waals surface area (Å²) in [7, 11) is -2.10. The van der Waals surface area contributed by atoms with Gasteiger partial charge >= 0.3 is 0 Å². The molecule has 0 radical (unpaired) electrons. The molecule has 0 aliphatic carbocycles. The number of rotatable bonds is 5. The molecule has 1 aliphatic rings. The third kappa shape index (κ3) is 3.61. The van der Waals surface area contributed by atoms with Crippen molar-refractivity contribution < 1.29 is 17.9 Å². The van der Waals surface area contributed by atoms with Crippen LogP contribution >= 0.6 is 0 Å². The summed E-state index contributed by atoms with van der Waals surface area (Å²) in [6, 6.07) is 10.0. The van der Waals surface area contributed by atoms with Crippen LogP contribution in [0.25, 0.3) is 0 Å². The van der Waals surface area contributed by atoms with Crippen LogP contribution in [-0.2, 0) is 21.4 Å². The molecule has 1 aliphatic heterocycles. The number of amidine groups is 1. The summed E-state index contributed by atoms with van der Waals surface area (Å²) in [5.41, 5.74) is 1.20. The van der Waals surface area contributed by atoms with Crippen LogP contribution in [0, 0.1) is 0 Å². The minimum Gasteiger partial charge on any atom is -0.481 e. The number of methoxy groups -OCH3 is 1. The zero-order valence-electron chi connectivity index (χ0n) is 13.4. The van der Waals surface area contributed by atoms with Crippen molar-refractivity contribution in [3.05, 3.63) is 53.7 Å². The van der Waals surface area contributed by atoms with Crippen LogP contribution in [0.3, 0.4) is 0 Å². The maximum Gasteiger partial charge on any atom is 0.263 e. The van der Waals surface area contributed by atoms with Gasteiger partial charge < -0.3 is 10.1 Å². The van der Waals surface area contributed by atoms with E-state index in [9.17, 15) is 13.2 Å². The molecule has 0 saturated heterocycles. The van der Waals surface area contributed by atoms with Gasteiger partial charge in [0.15, 0.2) is 0 Å². The second-order valence-electron chi connectivity index (χ2n) is 5.22. The van der Waals surface area contributed by atoms with Crippen LogP contribution in [0.15, 0.2) is 52.5 Å². The average Bonchev–Trinajstić information content (AvgIpc) is 2.89. The van der Waals surface area contributed by atoms with Crippen LogP contribution in [0.2, 0.25) is 0 Å². The Morgan fingerprint density at radius 3 is 2.88 bits per heavy atom. The first-order valence-electron chi connectivity index (χ1n) is 7.42. The molecule has 130 valence electrons. The Morgan fingerprint density at radius 1 is 1.28 bits per heavy atom. The number of fused-ring (bicyclic) bond motifs is 1. The number of carbonyl (C=O) groups excluding carboxylic acids is 1. The lowest BCUT2D eigenvalue weighted by Gasteiger charge is -2.07. The number of carbonyl (C=O) groups is 1. The number of nitrogens with one attached hydrogen (secondary N) is 2. The zero-order valence-corrected chi connectivity index (χ0v) is 14.2. The third-order valence-electron chi connectivity index (χ3n) is 3.56. The van der Waals surface area contributed by atoms with E-state index in [0.29, 0.717) is 11.4 Å². The van der Waals surface area contributed by atoms with Gasteiger partial charge in [-0.3, -0.25) is 14.5 Å². The Kier molecular flexibility index (Phi) is 4.66. The minimum atomic E-state index is -3.60. The van der Waals surface area contributed by atoms with Crippen molar-refractivity contribution in [2.45, 2.75) is 11.4 Å². The fraction of sp³-hybridized carbons (Fsp3) is 0.188. The van der Waals surface area contributed by atoms with Gasteiger partial charge in [-0.05, 0) is 18.2 Å². The van der Waals surface area contributed by atoms with Gasteiger partial charge in [-0.1, -0.05) is 18.2 Å². The standard InChI is InChI=1S/C16H16N4O4S/c1-24-16-11(5-4-8-17-16)9-18-14(21)10-19-15-12-6-2-3-7-13(12)25(22,23)20-15/h2-8H,9-10H2,1H3,(H,18,21)(H,19,20). The van der Waals surface area contributed by atoms with Crippen LogP contribution < -0.4 is 14.8 Å². The maximum atomic E-state index is 12.0. The van der Waals surface area contributed by atoms with Gasteiger partial charge in [0.1, 0.15) is 12.4 Å². The summed E-state index contributed by atoms with van der Waals surface area (Å²) in [6.45, 7) is 0.0395. The van der Waals surface area contributed by atoms with E-state index in [2.05, 4.69) is 20.0 Å². The molecule has 1 amide bonds. The van der Waals surface area contributed by atoms with Crippen molar-refractivity contribution >= 4 is 21.8 Å². The molecule has 0 bridgehead atoms. The average molecular weight is 360 g/mol. The molecule has 0 unspecified atom stereocenters. The van der Waals surface area contributed by atoms with E-state index >= 15 is 0 Å². The number of aromatic nitrogens is 1. The summed E-state index contributed by atoms with van der Waals surface area (Å²) in [5, 5.41) is 2.70. The number of ether oxygens (including phenoxy) is 1. The molecular weight excluding hydrogens is 344 g/mol. The Labute approximate surface area is 145 Å². The quantitative estimate of drug-likeness (QED) is 0.804. The van der Waals surface area contributed by atoms with Crippen molar-refractivity contribution in [2.75, 3.05) is 13.7 Å². The summed E-state index contributed by atoms with van der Waals surface area (Å²) in [5.74, 6) is 0.262. The highest BCUT2D eigenvalue weighted by molar-refractivity contribution is 7.90. The summed E-state index contributed by atoms with van der Waals surface area (Å²) in [4.78, 5) is 20.3. The maximum absolute atomic E-state index is 12.0. The van der Waals surface area contributed by atoms with Crippen LogP contribution in [0.1, 0.15) is 11.1 Å². The molecule has 0 atom stereocenters. The fourth-order valence-corrected chi connectivity index (χ4v) is 3.65. The van der Waals surface area contributed by atoms with E-state index in [1.807, 2.05) is 0 Å². The molecule has 0 spiro atoms. The highest BCUT2D eigenvalue weighted by Gasteiger charge is 2.30. The summed E-state index contributed by atoms with van der Waals surface area (Å²) < 4.78 is 31.4. The molecule has 2 heterocycles. The first-order chi connectivity index (χ1) is 12.0. The van der Waals surface area contributed by atoms with E-state index in [1.165, 1.54) is 13.2 Å². The van der Waals surface area contributed by atoms with Gasteiger partial charge in [0, 0.05) is 23.9 Å². The molecular formula is C16H16N4O4S. The van der Waals surface area contributed by atoms with Crippen LogP contribution in [0.4, 0.5) is 0 Å². The van der Waals surface area contributed by atoms with E-state index in [0.717, 1.165) is 5.56 Å². The lowest BCUT2D eigenvalue weighted by molar-refractivity contribution is -0.119. The molecule has 0 fully saturated rings. The normalized spacial score (nSPS) is 16.1. The number of aliphatic imine (C=N–C) groups is 1. The SMILES string of the molecule is COc1ncccc1CNC(=O)CN=C1NS(=O)(=O)c2ccccc21. The number of hydrogen-bond acceptors (Lipinski definition) is 6. The Bertz CT molecular complexity index is 941. The van der Waals surface area contributed by atoms with Gasteiger partial charge in [0.05, 0.1) is 12.0 Å². The molecule has 1 aromatic heterocycles. The van der Waals surface area contributed by atoms with Crippen molar-refractivity contribution in [3.63, 3.8) is 0 Å². The summed E-state index contributed by atoms with van der Waals surface area (Å²) >= 11 is 0. The lowest BCUT2D eigenvalue weighted by Crippen LogP contribution is -2.28. The molecule has 1 aromatic carbocycles. The zero-order chi connectivity index (χ0) is 17.9. The van der Waals surface area contributed by atoms with E-state index in [-0.39, 0.29) is 29.7 Å². The third-order valence-corrected chi connectivity index (χ3v) is 4.96. The first-order valence-corrected chi connectivity index (χ1v) is 8.91. The molecule has 3 rings (SSSR count). The van der Waals surface area contributed by atoms with Crippen molar-refractivity contribution in [1.82, 2.24) is 15.0 Å². The van der Waals surface area contributed by atoms with Gasteiger partial charge in [-0.2, -0.15) is 0 Å². The highest BCUT2D eigenvalue weighted by Crippen LogP contribution is 2.22. The Morgan fingerprint density at radius 2 is 2.08 bits per heavy atom. The van der Waals surface area contributed by atoms with E-state index < -0.39 is 10.0 Å². The van der Waals surface area contributed by atoms with Crippen molar-refractivity contribution in [2.24, 2.45) is 4.99 Å². The second-order valence-corrected chi connectivity index (χ2v) is 6.87. The lowest BCUT2D eigenvalue weighted by atomic mass is 10.2. The molecule has 9 heteroatoms. The second kappa shape index (κ2) is 6.89. The fourth-order valence-electron chi connectivity index (χ4n) is 2.39. The largest absolute Gasteiger partial charge is 0.481 e. The van der Waals surface area contributed by atoms with Crippen molar-refractivity contribution in [3.8, 4) is 5.88 Å². The smallest absolute Gasteiger partial charge is 0.263 e. The molecule has 25 heavy (non-hydrogen) atoms. The molecule has 2 N–H and O–H groups in total. The first kappa shape index (κ1) is 16.9. The number of benzene rings is 1. The Hall–Kier alpha value is -2.94. The van der Waals surface area contributed by atoms with Gasteiger partial charge in [0.25, 0.3) is 10.0 Å². The van der Waals surface area contributed by atoms with E-state index in [1.54, 1.807) is 36.5 Å².